The molecule has 0 radical (unpaired) electrons. The van der Waals surface area contributed by atoms with Crippen molar-refractivity contribution in [2.45, 2.75) is 26.7 Å². The summed E-state index contributed by atoms with van der Waals surface area (Å²) in [6.45, 7) is 3.95. The van der Waals surface area contributed by atoms with E-state index in [2.05, 4.69) is 22.2 Å². The van der Waals surface area contributed by atoms with Crippen molar-refractivity contribution in [1.29, 1.82) is 0 Å². The van der Waals surface area contributed by atoms with Crippen LogP contribution in [0.1, 0.15) is 35.1 Å². The van der Waals surface area contributed by atoms with Crippen molar-refractivity contribution in [3.63, 3.8) is 0 Å². The van der Waals surface area contributed by atoms with Crippen LogP contribution < -0.4 is 10.1 Å². The minimum atomic E-state index is 0.148. The van der Waals surface area contributed by atoms with E-state index in [0.717, 1.165) is 35.0 Å². The van der Waals surface area contributed by atoms with Gasteiger partial charge in [0.05, 0.1) is 17.0 Å². The van der Waals surface area contributed by atoms with Crippen molar-refractivity contribution in [2.75, 3.05) is 5.32 Å². The number of fused-ring (bicyclic) bond motifs is 1. The Morgan fingerprint density at radius 3 is 2.41 bits per heavy atom. The SMILES string of the molecule is Cc1nc(Nc2ccc(Oc3ccccc3)cc2)nc2c1C(=O)C[C@H](C)C2. The highest BCUT2D eigenvalue weighted by Gasteiger charge is 2.26. The zero-order valence-corrected chi connectivity index (χ0v) is 15.4. The number of Topliss-reactive ketones (excluding diaryl/α,β-unsaturated/α-hetero) is 1. The fraction of sp³-hybridized carbons (Fsp3) is 0.227. The molecule has 0 spiro atoms. The smallest absolute Gasteiger partial charge is 0.227 e. The molecule has 1 heterocycles. The number of aryl methyl sites for hydroxylation is 1. The third kappa shape index (κ3) is 3.82. The number of ether oxygens (including phenoxy) is 1. The van der Waals surface area contributed by atoms with E-state index in [1.165, 1.54) is 0 Å². The highest BCUT2D eigenvalue weighted by molar-refractivity contribution is 5.99. The summed E-state index contributed by atoms with van der Waals surface area (Å²) in [4.78, 5) is 21.3. The summed E-state index contributed by atoms with van der Waals surface area (Å²) in [5, 5.41) is 3.23. The van der Waals surface area contributed by atoms with E-state index in [1.54, 1.807) is 0 Å². The van der Waals surface area contributed by atoms with Crippen molar-refractivity contribution >= 4 is 17.4 Å². The molecule has 0 saturated heterocycles. The Bertz CT molecular complexity index is 969. The van der Waals surface area contributed by atoms with Crippen LogP contribution in [-0.4, -0.2) is 15.8 Å². The lowest BCUT2D eigenvalue weighted by Crippen LogP contribution is -2.22. The molecule has 1 aromatic heterocycles. The van der Waals surface area contributed by atoms with Crippen LogP contribution in [0.4, 0.5) is 11.6 Å². The molecule has 1 atom stereocenters. The number of nitrogens with one attached hydrogen (secondary N) is 1. The quantitative estimate of drug-likeness (QED) is 0.703. The molecule has 0 aliphatic heterocycles. The molecule has 0 saturated carbocycles. The molecular weight excluding hydrogens is 338 g/mol. The van der Waals surface area contributed by atoms with Crippen LogP contribution in [0.15, 0.2) is 54.6 Å². The van der Waals surface area contributed by atoms with Crippen LogP contribution in [-0.2, 0) is 6.42 Å². The molecule has 0 bridgehead atoms. The molecule has 1 aliphatic rings. The second kappa shape index (κ2) is 7.19. The molecule has 4 rings (SSSR count). The van der Waals surface area contributed by atoms with Crippen LogP contribution in [0.5, 0.6) is 11.5 Å². The van der Waals surface area contributed by atoms with E-state index in [-0.39, 0.29) is 5.78 Å². The van der Waals surface area contributed by atoms with Gasteiger partial charge in [0.15, 0.2) is 5.78 Å². The van der Waals surface area contributed by atoms with Gasteiger partial charge in [0.25, 0.3) is 0 Å². The Morgan fingerprint density at radius 1 is 0.963 bits per heavy atom. The molecule has 2 aromatic carbocycles. The lowest BCUT2D eigenvalue weighted by molar-refractivity contribution is 0.0951. The first-order valence-corrected chi connectivity index (χ1v) is 9.09. The number of para-hydroxylation sites is 1. The molecule has 136 valence electrons. The average Bonchev–Trinajstić information content (AvgIpc) is 2.63. The molecular formula is C22H21N3O2. The van der Waals surface area contributed by atoms with Crippen LogP contribution in [0.2, 0.25) is 0 Å². The van der Waals surface area contributed by atoms with E-state index in [9.17, 15) is 4.79 Å². The van der Waals surface area contributed by atoms with Crippen LogP contribution in [0.3, 0.4) is 0 Å². The van der Waals surface area contributed by atoms with Gasteiger partial charge in [-0.2, -0.15) is 0 Å². The fourth-order valence-electron chi connectivity index (χ4n) is 3.38. The summed E-state index contributed by atoms with van der Waals surface area (Å²) in [7, 11) is 0. The van der Waals surface area contributed by atoms with Crippen LogP contribution in [0, 0.1) is 12.8 Å². The summed E-state index contributed by atoms with van der Waals surface area (Å²) in [5.41, 5.74) is 3.15. The Balaban J connectivity index is 1.52. The molecule has 0 amide bonds. The van der Waals surface area contributed by atoms with E-state index < -0.39 is 0 Å². The minimum absolute atomic E-state index is 0.148. The molecule has 5 heteroatoms. The number of hydrogen-bond donors (Lipinski definition) is 1. The highest BCUT2D eigenvalue weighted by Crippen LogP contribution is 2.28. The minimum Gasteiger partial charge on any atom is -0.457 e. The average molecular weight is 359 g/mol. The van der Waals surface area contributed by atoms with E-state index in [1.807, 2.05) is 61.5 Å². The summed E-state index contributed by atoms with van der Waals surface area (Å²) >= 11 is 0. The number of nitrogens with zero attached hydrogens (tertiary/aromatic N) is 2. The number of carbonyl (C=O) groups is 1. The van der Waals surface area contributed by atoms with Crippen molar-refractivity contribution in [3.05, 3.63) is 71.5 Å². The second-order valence-corrected chi connectivity index (χ2v) is 6.96. The molecule has 0 fully saturated rings. The monoisotopic (exact) mass is 359 g/mol. The number of rotatable bonds is 4. The summed E-state index contributed by atoms with van der Waals surface area (Å²) in [6.07, 6.45) is 1.38. The van der Waals surface area contributed by atoms with E-state index >= 15 is 0 Å². The van der Waals surface area contributed by atoms with E-state index in [4.69, 9.17) is 4.74 Å². The summed E-state index contributed by atoms with van der Waals surface area (Å²) < 4.78 is 5.80. The molecule has 27 heavy (non-hydrogen) atoms. The largest absolute Gasteiger partial charge is 0.457 e. The molecule has 0 unspecified atom stereocenters. The number of carbonyl (C=O) groups excluding carboxylic acids is 1. The third-order valence-corrected chi connectivity index (χ3v) is 4.61. The maximum atomic E-state index is 12.3. The maximum absolute atomic E-state index is 12.3. The predicted molar refractivity (Wildman–Crippen MR) is 105 cm³/mol. The highest BCUT2D eigenvalue weighted by atomic mass is 16.5. The van der Waals surface area contributed by atoms with Crippen LogP contribution >= 0.6 is 0 Å². The second-order valence-electron chi connectivity index (χ2n) is 6.96. The van der Waals surface area contributed by atoms with Gasteiger partial charge in [-0.15, -0.1) is 0 Å². The maximum Gasteiger partial charge on any atom is 0.227 e. The number of hydrogen-bond acceptors (Lipinski definition) is 5. The Labute approximate surface area is 158 Å². The van der Waals surface area contributed by atoms with Gasteiger partial charge < -0.3 is 10.1 Å². The van der Waals surface area contributed by atoms with Gasteiger partial charge in [-0.1, -0.05) is 25.1 Å². The Hall–Kier alpha value is -3.21. The molecule has 1 aliphatic carbocycles. The first-order valence-electron chi connectivity index (χ1n) is 9.09. The van der Waals surface area contributed by atoms with Gasteiger partial charge in [0.1, 0.15) is 11.5 Å². The summed E-state index contributed by atoms with van der Waals surface area (Å²) in [6, 6.07) is 17.3. The Kier molecular flexibility index (Phi) is 4.59. The molecule has 1 N–H and O–H groups in total. The van der Waals surface area contributed by atoms with Gasteiger partial charge in [-0.25, -0.2) is 9.97 Å². The normalized spacial score (nSPS) is 15.9. The number of ketones is 1. The number of aromatic nitrogens is 2. The fourth-order valence-corrected chi connectivity index (χ4v) is 3.38. The first kappa shape index (κ1) is 17.2. The zero-order chi connectivity index (χ0) is 18.8. The van der Waals surface area contributed by atoms with Crippen molar-refractivity contribution in [3.8, 4) is 11.5 Å². The zero-order valence-electron chi connectivity index (χ0n) is 15.4. The number of anilines is 2. The Morgan fingerprint density at radius 2 is 1.67 bits per heavy atom. The standard InChI is InChI=1S/C22H21N3O2/c1-14-12-19-21(20(26)13-14)15(2)23-22(25-19)24-16-8-10-18(11-9-16)27-17-6-4-3-5-7-17/h3-11,14H,12-13H2,1-2H3,(H,23,24,25)/t14-/m1/s1. The van der Waals surface area contributed by atoms with Gasteiger partial charge in [-0.05, 0) is 55.7 Å². The van der Waals surface area contributed by atoms with Gasteiger partial charge >= 0.3 is 0 Å². The van der Waals surface area contributed by atoms with Gasteiger partial charge in [0.2, 0.25) is 5.95 Å². The lowest BCUT2D eigenvalue weighted by atomic mass is 9.86. The van der Waals surface area contributed by atoms with E-state index in [0.29, 0.717) is 23.9 Å². The molecule has 3 aromatic rings. The van der Waals surface area contributed by atoms with Crippen molar-refractivity contribution in [2.24, 2.45) is 5.92 Å². The first-order chi connectivity index (χ1) is 13.1. The van der Waals surface area contributed by atoms with Crippen molar-refractivity contribution in [1.82, 2.24) is 9.97 Å². The molecule has 5 nitrogen and oxygen atoms in total. The van der Waals surface area contributed by atoms with Gasteiger partial charge in [-0.3, -0.25) is 4.79 Å². The third-order valence-electron chi connectivity index (χ3n) is 4.61. The lowest BCUT2D eigenvalue weighted by Gasteiger charge is -2.21. The van der Waals surface area contributed by atoms with Crippen LogP contribution in [0.25, 0.3) is 0 Å². The van der Waals surface area contributed by atoms with Crippen molar-refractivity contribution < 1.29 is 9.53 Å². The topological polar surface area (TPSA) is 64.1 Å². The predicted octanol–water partition coefficient (Wildman–Crippen LogP) is 5.09. The summed E-state index contributed by atoms with van der Waals surface area (Å²) in [5.74, 6) is 2.54. The van der Waals surface area contributed by atoms with Gasteiger partial charge in [0, 0.05) is 12.1 Å². The number of benzene rings is 2.